The average molecular weight is 309 g/mol. The van der Waals surface area contributed by atoms with Gasteiger partial charge >= 0.3 is 0 Å². The van der Waals surface area contributed by atoms with Crippen LogP contribution in [0.15, 0.2) is 11.6 Å². The first-order valence-corrected chi connectivity index (χ1v) is 8.85. The van der Waals surface area contributed by atoms with Crippen LogP contribution in [-0.2, 0) is 10.3 Å². The smallest absolute Gasteiger partial charge is 0.221 e. The number of thiazole rings is 1. The van der Waals surface area contributed by atoms with Gasteiger partial charge in [-0.2, -0.15) is 0 Å². The van der Waals surface area contributed by atoms with Gasteiger partial charge in [-0.1, -0.05) is 13.8 Å². The number of amides is 1. The lowest BCUT2D eigenvalue weighted by atomic mass is 9.84. The lowest BCUT2D eigenvalue weighted by molar-refractivity contribution is -0.124. The predicted molar refractivity (Wildman–Crippen MR) is 87.3 cm³/mol. The summed E-state index contributed by atoms with van der Waals surface area (Å²) in [5.41, 5.74) is -0.334. The lowest BCUT2D eigenvalue weighted by Gasteiger charge is -2.31. The molecule has 0 radical (unpaired) electrons. The van der Waals surface area contributed by atoms with E-state index in [0.717, 1.165) is 24.5 Å². The van der Waals surface area contributed by atoms with Gasteiger partial charge < -0.3 is 10.6 Å². The molecular weight excluding hydrogens is 282 g/mol. The molecular formula is C16H27N3OS. The Hall–Kier alpha value is -0.940. The van der Waals surface area contributed by atoms with E-state index in [1.807, 2.05) is 5.38 Å². The topological polar surface area (TPSA) is 54.0 Å². The second kappa shape index (κ2) is 7.36. The Labute approximate surface area is 131 Å². The molecule has 1 aliphatic heterocycles. The molecule has 1 saturated heterocycles. The number of rotatable bonds is 6. The monoisotopic (exact) mass is 309 g/mol. The van der Waals surface area contributed by atoms with E-state index in [4.69, 9.17) is 0 Å². The highest BCUT2D eigenvalue weighted by Crippen LogP contribution is 2.28. The molecule has 1 amide bonds. The first-order valence-electron chi connectivity index (χ1n) is 7.97. The highest BCUT2D eigenvalue weighted by molar-refractivity contribution is 7.09. The zero-order valence-electron chi connectivity index (χ0n) is 13.3. The van der Waals surface area contributed by atoms with E-state index in [1.165, 1.54) is 12.8 Å². The van der Waals surface area contributed by atoms with Crippen LogP contribution in [0, 0.1) is 11.8 Å². The van der Waals surface area contributed by atoms with E-state index in [1.54, 1.807) is 17.5 Å². The van der Waals surface area contributed by atoms with E-state index in [2.05, 4.69) is 36.4 Å². The summed E-state index contributed by atoms with van der Waals surface area (Å²) in [4.78, 5) is 16.8. The molecule has 21 heavy (non-hydrogen) atoms. The van der Waals surface area contributed by atoms with Gasteiger partial charge in [0.15, 0.2) is 0 Å². The molecule has 2 heterocycles. The fraction of sp³-hybridized carbons (Fsp3) is 0.750. The first kappa shape index (κ1) is 16.4. The molecule has 1 aliphatic rings. The van der Waals surface area contributed by atoms with Gasteiger partial charge in [-0.3, -0.25) is 4.79 Å². The molecule has 0 aromatic carbocycles. The number of aromatic nitrogens is 1. The third-order valence-corrected chi connectivity index (χ3v) is 5.76. The van der Waals surface area contributed by atoms with Crippen LogP contribution in [-0.4, -0.2) is 24.0 Å². The summed E-state index contributed by atoms with van der Waals surface area (Å²) in [6.07, 6.45) is 5.65. The minimum Gasteiger partial charge on any atom is -0.344 e. The standard InChI is InChI=1S/C16H27N3OS/c1-4-16(3,15-18-9-10-21-15)19-14(20)11-12(2)13-5-7-17-8-6-13/h9-10,12-13,17H,4-8,11H2,1-3H3,(H,19,20). The molecule has 0 aliphatic carbocycles. The number of hydrogen-bond donors (Lipinski definition) is 2. The average Bonchev–Trinajstić information content (AvgIpc) is 3.02. The number of nitrogens with one attached hydrogen (secondary N) is 2. The molecule has 5 heteroatoms. The predicted octanol–water partition coefficient (Wildman–Crippen LogP) is 2.91. The van der Waals surface area contributed by atoms with Crippen molar-refractivity contribution in [1.29, 1.82) is 0 Å². The SMILES string of the molecule is CCC(C)(NC(=O)CC(C)C1CCNCC1)c1nccs1. The zero-order chi connectivity index (χ0) is 15.3. The fourth-order valence-electron chi connectivity index (χ4n) is 3.02. The van der Waals surface area contributed by atoms with Crippen molar-refractivity contribution in [2.24, 2.45) is 11.8 Å². The Morgan fingerprint density at radius 1 is 1.57 bits per heavy atom. The Morgan fingerprint density at radius 3 is 2.86 bits per heavy atom. The van der Waals surface area contributed by atoms with Gasteiger partial charge in [-0.25, -0.2) is 4.98 Å². The second-order valence-electron chi connectivity index (χ2n) is 6.34. The highest BCUT2D eigenvalue weighted by atomic mass is 32.1. The van der Waals surface area contributed by atoms with E-state index in [-0.39, 0.29) is 11.4 Å². The van der Waals surface area contributed by atoms with Gasteiger partial charge in [0, 0.05) is 18.0 Å². The van der Waals surface area contributed by atoms with Crippen molar-refractivity contribution in [2.45, 2.75) is 52.0 Å². The minimum atomic E-state index is -0.334. The summed E-state index contributed by atoms with van der Waals surface area (Å²) in [5.74, 6) is 1.27. The van der Waals surface area contributed by atoms with Crippen LogP contribution in [0.5, 0.6) is 0 Å². The van der Waals surface area contributed by atoms with E-state index in [9.17, 15) is 4.79 Å². The Morgan fingerprint density at radius 2 is 2.29 bits per heavy atom. The number of piperidine rings is 1. The summed E-state index contributed by atoms with van der Waals surface area (Å²) >= 11 is 1.61. The molecule has 0 saturated carbocycles. The largest absolute Gasteiger partial charge is 0.344 e. The molecule has 2 N–H and O–H groups in total. The van der Waals surface area contributed by atoms with Crippen LogP contribution >= 0.6 is 11.3 Å². The molecule has 2 unspecified atom stereocenters. The van der Waals surface area contributed by atoms with Crippen LogP contribution in [0.1, 0.15) is 51.5 Å². The molecule has 4 nitrogen and oxygen atoms in total. The van der Waals surface area contributed by atoms with Crippen molar-refractivity contribution in [3.8, 4) is 0 Å². The summed E-state index contributed by atoms with van der Waals surface area (Å²) in [6, 6.07) is 0. The summed E-state index contributed by atoms with van der Waals surface area (Å²) in [6.45, 7) is 8.55. The highest BCUT2D eigenvalue weighted by Gasteiger charge is 2.30. The molecule has 118 valence electrons. The number of carbonyl (C=O) groups is 1. The van der Waals surface area contributed by atoms with Crippen molar-refractivity contribution in [3.05, 3.63) is 16.6 Å². The summed E-state index contributed by atoms with van der Waals surface area (Å²) in [7, 11) is 0. The third kappa shape index (κ3) is 4.27. The fourth-order valence-corrected chi connectivity index (χ4v) is 3.85. The first-order chi connectivity index (χ1) is 10.0. The molecule has 0 bridgehead atoms. The maximum Gasteiger partial charge on any atom is 0.221 e. The van der Waals surface area contributed by atoms with Crippen molar-refractivity contribution in [3.63, 3.8) is 0 Å². The zero-order valence-corrected chi connectivity index (χ0v) is 14.1. The normalized spacial score (nSPS) is 20.7. The molecule has 1 fully saturated rings. The van der Waals surface area contributed by atoms with Crippen LogP contribution in [0.3, 0.4) is 0 Å². The molecule has 1 aromatic rings. The number of nitrogens with zero attached hydrogens (tertiary/aromatic N) is 1. The summed E-state index contributed by atoms with van der Waals surface area (Å²) in [5, 5.41) is 9.55. The Bertz CT molecular complexity index is 442. The van der Waals surface area contributed by atoms with E-state index in [0.29, 0.717) is 18.3 Å². The number of hydrogen-bond acceptors (Lipinski definition) is 4. The molecule has 2 rings (SSSR count). The van der Waals surface area contributed by atoms with Crippen molar-refractivity contribution in [2.75, 3.05) is 13.1 Å². The van der Waals surface area contributed by atoms with Crippen LogP contribution in [0.2, 0.25) is 0 Å². The van der Waals surface area contributed by atoms with E-state index < -0.39 is 0 Å². The van der Waals surface area contributed by atoms with Crippen LogP contribution in [0.25, 0.3) is 0 Å². The Balaban J connectivity index is 1.90. The van der Waals surface area contributed by atoms with Gasteiger partial charge in [0.1, 0.15) is 5.01 Å². The minimum absolute atomic E-state index is 0.153. The molecule has 0 spiro atoms. The Kier molecular flexibility index (Phi) is 5.76. The lowest BCUT2D eigenvalue weighted by Crippen LogP contribution is -2.44. The number of carbonyl (C=O) groups excluding carboxylic acids is 1. The third-order valence-electron chi connectivity index (χ3n) is 4.72. The van der Waals surface area contributed by atoms with Gasteiger partial charge in [0.05, 0.1) is 5.54 Å². The van der Waals surface area contributed by atoms with Gasteiger partial charge in [0.2, 0.25) is 5.91 Å². The maximum absolute atomic E-state index is 12.4. The van der Waals surface area contributed by atoms with Gasteiger partial charge in [-0.05, 0) is 51.1 Å². The van der Waals surface area contributed by atoms with Crippen LogP contribution in [0.4, 0.5) is 0 Å². The molecule has 2 atom stereocenters. The maximum atomic E-state index is 12.4. The van der Waals surface area contributed by atoms with Crippen molar-refractivity contribution in [1.82, 2.24) is 15.6 Å². The quantitative estimate of drug-likeness (QED) is 0.849. The van der Waals surface area contributed by atoms with Crippen LogP contribution < -0.4 is 10.6 Å². The van der Waals surface area contributed by atoms with Crippen molar-refractivity contribution < 1.29 is 4.79 Å². The van der Waals surface area contributed by atoms with E-state index >= 15 is 0 Å². The second-order valence-corrected chi connectivity index (χ2v) is 7.23. The van der Waals surface area contributed by atoms with Gasteiger partial charge in [-0.15, -0.1) is 11.3 Å². The van der Waals surface area contributed by atoms with Gasteiger partial charge in [0.25, 0.3) is 0 Å². The van der Waals surface area contributed by atoms with Crippen molar-refractivity contribution >= 4 is 17.2 Å². The molecule has 1 aromatic heterocycles. The summed E-state index contributed by atoms with van der Waals surface area (Å²) < 4.78 is 0.